The maximum absolute atomic E-state index is 13.0. The van der Waals surface area contributed by atoms with E-state index in [1.54, 1.807) is 23.8 Å². The van der Waals surface area contributed by atoms with Crippen molar-refractivity contribution in [3.63, 3.8) is 0 Å². The lowest BCUT2D eigenvalue weighted by molar-refractivity contribution is 0.0570. The van der Waals surface area contributed by atoms with Gasteiger partial charge in [0.2, 0.25) is 10.0 Å². The van der Waals surface area contributed by atoms with Crippen LogP contribution in [0.5, 0.6) is 0 Å². The normalized spacial score (nSPS) is 25.5. The monoisotopic (exact) mass is 457 g/mol. The van der Waals surface area contributed by atoms with E-state index < -0.39 is 10.0 Å². The molecule has 0 aromatic carbocycles. The summed E-state index contributed by atoms with van der Waals surface area (Å²) in [4.78, 5) is 17.0. The van der Waals surface area contributed by atoms with Crippen LogP contribution in [0.25, 0.3) is 21.9 Å². The number of aryl methyl sites for hydroxylation is 1. The van der Waals surface area contributed by atoms with E-state index in [0.717, 1.165) is 66.3 Å². The summed E-state index contributed by atoms with van der Waals surface area (Å²) in [5.74, 6) is 1.68. The van der Waals surface area contributed by atoms with E-state index in [2.05, 4.69) is 19.9 Å². The highest BCUT2D eigenvalue weighted by Crippen LogP contribution is 2.39. The average molecular weight is 458 g/mol. The third-order valence-electron chi connectivity index (χ3n) is 7.16. The Hall–Kier alpha value is -2.10. The molecule has 9 heteroatoms. The smallest absolute Gasteiger partial charge is 0.214 e. The fourth-order valence-electron chi connectivity index (χ4n) is 5.46. The summed E-state index contributed by atoms with van der Waals surface area (Å²) < 4.78 is 33.2. The lowest BCUT2D eigenvalue weighted by Crippen LogP contribution is -2.44. The van der Waals surface area contributed by atoms with Crippen molar-refractivity contribution in [2.75, 3.05) is 26.0 Å². The molecule has 1 saturated heterocycles. The van der Waals surface area contributed by atoms with Gasteiger partial charge in [0.15, 0.2) is 5.65 Å². The standard InChI is InChI=1S/C23H31N5O3S/c1-15-26-20-12-25-23-19(9-10-24-23)21(20)22(27-15)17-7-5-16(6-8-17)14-32(29,30)28-11-3-4-18(13-28)31-2/h9-10,12,16-18H,3-8,11,13-14H2,1-2H3,(H,26,27). The molecule has 4 heterocycles. The molecule has 0 spiro atoms. The van der Waals surface area contributed by atoms with Crippen LogP contribution in [0.2, 0.25) is 0 Å². The SMILES string of the molecule is COC1CCCN(S(=O)(=O)CC2CCC(c3[nH]c(C)nc4cnc5nccc5c34)CC2)C1. The Labute approximate surface area is 188 Å². The number of hydrogen-bond donors (Lipinski definition) is 1. The third kappa shape index (κ3) is 4.13. The van der Waals surface area contributed by atoms with Gasteiger partial charge in [-0.25, -0.2) is 23.4 Å². The summed E-state index contributed by atoms with van der Waals surface area (Å²) in [6, 6.07) is 2.00. The van der Waals surface area contributed by atoms with E-state index in [0.29, 0.717) is 19.0 Å². The summed E-state index contributed by atoms with van der Waals surface area (Å²) in [5.41, 5.74) is 2.82. The van der Waals surface area contributed by atoms with Crippen LogP contribution in [0.4, 0.5) is 0 Å². The van der Waals surface area contributed by atoms with Gasteiger partial charge in [0.05, 0.1) is 23.6 Å². The van der Waals surface area contributed by atoms with E-state index in [9.17, 15) is 8.42 Å². The van der Waals surface area contributed by atoms with Crippen molar-refractivity contribution in [3.8, 4) is 0 Å². The van der Waals surface area contributed by atoms with Gasteiger partial charge >= 0.3 is 0 Å². The molecule has 172 valence electrons. The second-order valence-corrected chi connectivity index (χ2v) is 11.3. The number of ether oxygens (including phenoxy) is 1. The number of hydrogen-bond acceptors (Lipinski definition) is 6. The summed E-state index contributed by atoms with van der Waals surface area (Å²) >= 11 is 0. The number of rotatable bonds is 5. The van der Waals surface area contributed by atoms with E-state index in [1.165, 1.54) is 5.69 Å². The quantitative estimate of drug-likeness (QED) is 0.629. The maximum Gasteiger partial charge on any atom is 0.214 e. The Morgan fingerprint density at radius 3 is 2.78 bits per heavy atom. The summed E-state index contributed by atoms with van der Waals surface area (Å²) in [6.45, 7) is 3.08. The predicted octanol–water partition coefficient (Wildman–Crippen LogP) is 3.53. The largest absolute Gasteiger partial charge is 0.380 e. The molecule has 2 aliphatic rings. The van der Waals surface area contributed by atoms with Crippen molar-refractivity contribution < 1.29 is 13.2 Å². The average Bonchev–Trinajstić information content (AvgIpc) is 3.28. The molecule has 1 N–H and O–H groups in total. The van der Waals surface area contributed by atoms with Crippen LogP contribution in [0.15, 0.2) is 18.5 Å². The number of piperidine rings is 1. The van der Waals surface area contributed by atoms with Crippen molar-refractivity contribution in [2.24, 2.45) is 5.92 Å². The predicted molar refractivity (Wildman–Crippen MR) is 124 cm³/mol. The maximum atomic E-state index is 13.0. The Kier molecular flexibility index (Phi) is 5.90. The molecule has 0 amide bonds. The van der Waals surface area contributed by atoms with Crippen LogP contribution in [0, 0.1) is 12.8 Å². The molecule has 1 saturated carbocycles. The van der Waals surface area contributed by atoms with Crippen molar-refractivity contribution in [2.45, 2.75) is 57.5 Å². The van der Waals surface area contributed by atoms with Crippen LogP contribution in [0.3, 0.4) is 0 Å². The molecule has 0 radical (unpaired) electrons. The second kappa shape index (κ2) is 8.68. The molecule has 2 fully saturated rings. The molecule has 5 rings (SSSR count). The van der Waals surface area contributed by atoms with Gasteiger partial charge in [0, 0.05) is 42.9 Å². The zero-order valence-corrected chi connectivity index (χ0v) is 19.6. The number of pyridine rings is 1. The van der Waals surface area contributed by atoms with Crippen LogP contribution >= 0.6 is 0 Å². The summed E-state index contributed by atoms with van der Waals surface area (Å²) in [7, 11) is -1.59. The van der Waals surface area contributed by atoms with E-state index >= 15 is 0 Å². The van der Waals surface area contributed by atoms with Gasteiger partial charge < -0.3 is 9.72 Å². The molecule has 1 unspecified atom stereocenters. The number of fused-ring (bicyclic) bond motifs is 3. The number of H-pyrrole nitrogens is 1. The Bertz CT molecular complexity index is 1220. The molecule has 0 bridgehead atoms. The first-order chi connectivity index (χ1) is 15.4. The number of sulfonamides is 1. The first kappa shape index (κ1) is 21.7. The highest BCUT2D eigenvalue weighted by molar-refractivity contribution is 7.89. The van der Waals surface area contributed by atoms with E-state index in [1.807, 2.05) is 13.0 Å². The van der Waals surface area contributed by atoms with Gasteiger partial charge in [0.1, 0.15) is 5.82 Å². The minimum absolute atomic E-state index is 0.0185. The molecule has 3 aromatic heterocycles. The highest BCUT2D eigenvalue weighted by atomic mass is 32.2. The lowest BCUT2D eigenvalue weighted by Gasteiger charge is -2.34. The van der Waals surface area contributed by atoms with Crippen molar-refractivity contribution >= 4 is 32.0 Å². The third-order valence-corrected chi connectivity index (χ3v) is 9.17. The zero-order valence-electron chi connectivity index (χ0n) is 18.7. The summed E-state index contributed by atoms with van der Waals surface area (Å²) in [6.07, 6.45) is 9.17. The number of nitrogens with zero attached hydrogens (tertiary/aromatic N) is 4. The van der Waals surface area contributed by atoms with Gasteiger partial charge in [-0.3, -0.25) is 0 Å². The van der Waals surface area contributed by atoms with Crippen LogP contribution in [0.1, 0.15) is 56.0 Å². The molecule has 1 aliphatic heterocycles. The van der Waals surface area contributed by atoms with Gasteiger partial charge in [-0.1, -0.05) is 0 Å². The Balaban J connectivity index is 1.32. The molecule has 1 atom stereocenters. The minimum Gasteiger partial charge on any atom is -0.380 e. The lowest BCUT2D eigenvalue weighted by atomic mass is 9.80. The van der Waals surface area contributed by atoms with E-state index in [4.69, 9.17) is 4.74 Å². The topological polar surface area (TPSA) is 101 Å². The molecule has 1 aliphatic carbocycles. The number of aromatic nitrogens is 4. The van der Waals surface area contributed by atoms with Gasteiger partial charge in [-0.15, -0.1) is 0 Å². The molecular formula is C23H31N5O3S. The van der Waals surface area contributed by atoms with Gasteiger partial charge in [-0.05, 0) is 63.4 Å². The summed E-state index contributed by atoms with van der Waals surface area (Å²) in [5, 5.41) is 2.14. The highest BCUT2D eigenvalue weighted by Gasteiger charge is 2.33. The number of aromatic amines is 1. The van der Waals surface area contributed by atoms with Gasteiger partial charge in [-0.2, -0.15) is 4.31 Å². The van der Waals surface area contributed by atoms with Crippen molar-refractivity contribution in [1.82, 2.24) is 24.2 Å². The van der Waals surface area contributed by atoms with Gasteiger partial charge in [0.25, 0.3) is 0 Å². The molecule has 32 heavy (non-hydrogen) atoms. The van der Waals surface area contributed by atoms with Crippen molar-refractivity contribution in [3.05, 3.63) is 30.0 Å². The Morgan fingerprint density at radius 2 is 2.00 bits per heavy atom. The van der Waals surface area contributed by atoms with Crippen molar-refractivity contribution in [1.29, 1.82) is 0 Å². The first-order valence-corrected chi connectivity index (χ1v) is 13.2. The second-order valence-electron chi connectivity index (χ2n) is 9.29. The minimum atomic E-state index is -3.25. The number of nitrogens with one attached hydrogen (secondary N) is 1. The zero-order chi connectivity index (χ0) is 22.3. The fourth-order valence-corrected chi connectivity index (χ4v) is 7.40. The van der Waals surface area contributed by atoms with Crippen LogP contribution < -0.4 is 0 Å². The van der Waals surface area contributed by atoms with Crippen LogP contribution in [-0.4, -0.2) is 64.7 Å². The number of methoxy groups -OCH3 is 1. The first-order valence-electron chi connectivity index (χ1n) is 11.5. The Morgan fingerprint density at radius 1 is 1.19 bits per heavy atom. The van der Waals surface area contributed by atoms with E-state index in [-0.39, 0.29) is 17.8 Å². The molecule has 8 nitrogen and oxygen atoms in total. The van der Waals surface area contributed by atoms with Crippen LogP contribution in [-0.2, 0) is 14.8 Å². The molecule has 3 aromatic rings. The molecular weight excluding hydrogens is 426 g/mol. The fraction of sp³-hybridized carbons (Fsp3) is 0.609.